The molecule has 0 aliphatic carbocycles. The molecule has 2 aromatic rings. The minimum absolute atomic E-state index is 0.00345. The van der Waals surface area contributed by atoms with Gasteiger partial charge in [0.15, 0.2) is 11.5 Å². The lowest BCUT2D eigenvalue weighted by Crippen LogP contribution is -2.32. The second-order valence-corrected chi connectivity index (χ2v) is 10.4. The lowest BCUT2D eigenvalue weighted by molar-refractivity contribution is 0.0925. The Hall–Kier alpha value is -2.29. The summed E-state index contributed by atoms with van der Waals surface area (Å²) in [5.41, 5.74) is 0.963. The summed E-state index contributed by atoms with van der Waals surface area (Å²) in [5.74, 6) is 0.930. The van der Waals surface area contributed by atoms with Gasteiger partial charge in [-0.2, -0.15) is 0 Å². The van der Waals surface area contributed by atoms with Crippen LogP contribution < -0.4 is 14.8 Å². The fourth-order valence-electron chi connectivity index (χ4n) is 3.28. The topological polar surface area (TPSA) is 84.9 Å². The zero-order valence-corrected chi connectivity index (χ0v) is 19.6. The number of rotatable bonds is 6. The average molecular weight is 467 g/mol. The third kappa shape index (κ3) is 5.14. The highest BCUT2D eigenvalue weighted by molar-refractivity contribution is 7.89. The van der Waals surface area contributed by atoms with Gasteiger partial charge in [-0.05, 0) is 41.8 Å². The van der Waals surface area contributed by atoms with Crippen LogP contribution in [0.15, 0.2) is 41.3 Å². The van der Waals surface area contributed by atoms with Gasteiger partial charge in [0, 0.05) is 20.5 Å². The van der Waals surface area contributed by atoms with Gasteiger partial charge in [0.2, 0.25) is 10.0 Å². The maximum absolute atomic E-state index is 13.1. The first-order valence-corrected chi connectivity index (χ1v) is 11.9. The zero-order valence-electron chi connectivity index (χ0n) is 18.0. The van der Waals surface area contributed by atoms with E-state index in [4.69, 9.17) is 21.1 Å². The Bertz CT molecular complexity index is 1070. The minimum atomic E-state index is -3.70. The Morgan fingerprint density at radius 2 is 1.74 bits per heavy atom. The third-order valence-electron chi connectivity index (χ3n) is 5.04. The van der Waals surface area contributed by atoms with Gasteiger partial charge in [0.25, 0.3) is 5.91 Å². The molecule has 1 amide bonds. The Balaban J connectivity index is 1.91. The molecule has 0 spiro atoms. The van der Waals surface area contributed by atoms with Gasteiger partial charge >= 0.3 is 0 Å². The van der Waals surface area contributed by atoms with Crippen molar-refractivity contribution in [3.63, 3.8) is 0 Å². The maximum Gasteiger partial charge on any atom is 0.253 e. The van der Waals surface area contributed by atoms with E-state index < -0.39 is 15.9 Å². The zero-order chi connectivity index (χ0) is 22.8. The SMILES string of the molecule is CC(C)[C@@H](NC(=O)c1cc(S(=O)(=O)N(C)C)ccc1Cl)c1ccc2c(c1)OCCCO2. The highest BCUT2D eigenvalue weighted by Gasteiger charge is 2.25. The summed E-state index contributed by atoms with van der Waals surface area (Å²) in [6, 6.07) is 9.39. The van der Waals surface area contributed by atoms with Crippen LogP contribution in [0.2, 0.25) is 5.02 Å². The van der Waals surface area contributed by atoms with E-state index in [0.717, 1.165) is 16.3 Å². The minimum Gasteiger partial charge on any atom is -0.490 e. The lowest BCUT2D eigenvalue weighted by Gasteiger charge is -2.24. The van der Waals surface area contributed by atoms with Crippen molar-refractivity contribution in [2.45, 2.75) is 31.2 Å². The number of carbonyl (C=O) groups excluding carboxylic acids is 1. The van der Waals surface area contributed by atoms with Crippen molar-refractivity contribution in [1.82, 2.24) is 9.62 Å². The van der Waals surface area contributed by atoms with Gasteiger partial charge in [-0.25, -0.2) is 12.7 Å². The van der Waals surface area contributed by atoms with Crippen molar-refractivity contribution in [3.05, 3.63) is 52.5 Å². The highest BCUT2D eigenvalue weighted by atomic mass is 35.5. The number of fused-ring (bicyclic) bond motifs is 1. The van der Waals surface area contributed by atoms with E-state index in [2.05, 4.69) is 5.32 Å². The molecule has 0 fully saturated rings. The molecule has 31 heavy (non-hydrogen) atoms. The first-order valence-electron chi connectivity index (χ1n) is 10.0. The number of amides is 1. The largest absolute Gasteiger partial charge is 0.490 e. The van der Waals surface area contributed by atoms with Gasteiger partial charge in [-0.1, -0.05) is 31.5 Å². The average Bonchev–Trinajstić information content (AvgIpc) is 2.96. The van der Waals surface area contributed by atoms with Gasteiger partial charge in [-0.3, -0.25) is 4.79 Å². The molecular formula is C22H27ClN2O5S. The molecule has 1 aliphatic rings. The highest BCUT2D eigenvalue weighted by Crippen LogP contribution is 2.34. The van der Waals surface area contributed by atoms with Gasteiger partial charge in [0.1, 0.15) is 0 Å². The molecule has 7 nitrogen and oxygen atoms in total. The summed E-state index contributed by atoms with van der Waals surface area (Å²) in [5, 5.41) is 3.17. The maximum atomic E-state index is 13.1. The molecule has 1 N–H and O–H groups in total. The molecule has 0 saturated heterocycles. The molecule has 3 rings (SSSR count). The number of nitrogens with zero attached hydrogens (tertiary/aromatic N) is 1. The van der Waals surface area contributed by atoms with Crippen molar-refractivity contribution >= 4 is 27.5 Å². The molecular weight excluding hydrogens is 440 g/mol. The summed E-state index contributed by atoms with van der Waals surface area (Å²) in [4.78, 5) is 13.1. The Morgan fingerprint density at radius 3 is 2.39 bits per heavy atom. The molecule has 1 atom stereocenters. The number of ether oxygens (including phenoxy) is 2. The van der Waals surface area contributed by atoms with Crippen molar-refractivity contribution in [2.24, 2.45) is 5.92 Å². The number of hydrogen-bond donors (Lipinski definition) is 1. The fourth-order valence-corrected chi connectivity index (χ4v) is 4.41. The van der Waals surface area contributed by atoms with E-state index in [9.17, 15) is 13.2 Å². The van der Waals surface area contributed by atoms with Crippen molar-refractivity contribution in [3.8, 4) is 11.5 Å². The number of benzene rings is 2. The lowest BCUT2D eigenvalue weighted by atomic mass is 9.95. The van der Waals surface area contributed by atoms with Crippen molar-refractivity contribution in [1.29, 1.82) is 0 Å². The summed E-state index contributed by atoms with van der Waals surface area (Å²) in [7, 11) is -0.830. The third-order valence-corrected chi connectivity index (χ3v) is 7.19. The van der Waals surface area contributed by atoms with Crippen LogP contribution in [0.25, 0.3) is 0 Å². The molecule has 0 unspecified atom stereocenters. The van der Waals surface area contributed by atoms with Crippen LogP contribution in [0.3, 0.4) is 0 Å². The van der Waals surface area contributed by atoms with Crippen LogP contribution in [0.1, 0.15) is 42.2 Å². The first-order chi connectivity index (χ1) is 14.6. The van der Waals surface area contributed by atoms with Gasteiger partial charge in [-0.15, -0.1) is 0 Å². The van der Waals surface area contributed by atoms with Crippen LogP contribution in [0.5, 0.6) is 11.5 Å². The van der Waals surface area contributed by atoms with Crippen LogP contribution in [-0.2, 0) is 10.0 Å². The number of carbonyl (C=O) groups is 1. The monoisotopic (exact) mass is 466 g/mol. The second-order valence-electron chi connectivity index (χ2n) is 7.88. The Morgan fingerprint density at radius 1 is 1.06 bits per heavy atom. The standard InChI is InChI=1S/C22H27ClN2O5S/c1-14(2)21(15-6-9-19-20(12-15)30-11-5-10-29-19)24-22(26)17-13-16(7-8-18(17)23)31(27,28)25(3)4/h6-9,12-14,21H,5,10-11H2,1-4H3,(H,24,26)/t21-/m1/s1. The van der Waals surface area contributed by atoms with Crippen LogP contribution in [0.4, 0.5) is 0 Å². The summed E-state index contributed by atoms with van der Waals surface area (Å²) in [6.45, 7) is 5.14. The predicted molar refractivity (Wildman–Crippen MR) is 119 cm³/mol. The smallest absolute Gasteiger partial charge is 0.253 e. The normalized spacial score (nSPS) is 14.9. The molecule has 9 heteroatoms. The van der Waals surface area contributed by atoms with Crippen LogP contribution in [-0.4, -0.2) is 45.9 Å². The summed E-state index contributed by atoms with van der Waals surface area (Å²) in [6.07, 6.45) is 0.805. The molecule has 0 bridgehead atoms. The van der Waals surface area contributed by atoms with Crippen LogP contribution in [0, 0.1) is 5.92 Å². The van der Waals surface area contributed by atoms with Gasteiger partial charge < -0.3 is 14.8 Å². The number of hydrogen-bond acceptors (Lipinski definition) is 5. The summed E-state index contributed by atoms with van der Waals surface area (Å²) < 4.78 is 37.5. The fraction of sp³-hybridized carbons (Fsp3) is 0.409. The second kappa shape index (κ2) is 9.46. The summed E-state index contributed by atoms with van der Waals surface area (Å²) >= 11 is 6.24. The molecule has 1 aliphatic heterocycles. The first kappa shape index (κ1) is 23.4. The quantitative estimate of drug-likeness (QED) is 0.698. The van der Waals surface area contributed by atoms with Crippen molar-refractivity contribution in [2.75, 3.05) is 27.3 Å². The molecule has 0 aromatic heterocycles. The predicted octanol–water partition coefficient (Wildman–Crippen LogP) is 3.88. The van der Waals surface area contributed by atoms with Crippen LogP contribution >= 0.6 is 11.6 Å². The van der Waals surface area contributed by atoms with E-state index in [1.165, 1.54) is 32.3 Å². The van der Waals surface area contributed by atoms with E-state index in [1.807, 2.05) is 32.0 Å². The molecule has 1 heterocycles. The number of nitrogens with one attached hydrogen (secondary N) is 1. The van der Waals surface area contributed by atoms with Gasteiger partial charge in [0.05, 0.1) is 34.7 Å². The number of sulfonamides is 1. The molecule has 0 radical (unpaired) electrons. The van der Waals surface area contributed by atoms with Crippen molar-refractivity contribution < 1.29 is 22.7 Å². The number of halogens is 1. The Kier molecular flexibility index (Phi) is 7.13. The van der Waals surface area contributed by atoms with E-state index >= 15 is 0 Å². The Labute approximate surface area is 188 Å². The molecule has 0 saturated carbocycles. The van der Waals surface area contributed by atoms with E-state index in [0.29, 0.717) is 24.7 Å². The van der Waals surface area contributed by atoms with E-state index in [-0.39, 0.29) is 27.4 Å². The van der Waals surface area contributed by atoms with E-state index in [1.54, 1.807) is 0 Å². The molecule has 168 valence electrons. The molecule has 2 aromatic carbocycles.